The molecule has 6 heteroatoms. The number of carboxylic acid groups (broad SMARTS) is 1. The second kappa shape index (κ2) is 7.03. The van der Waals surface area contributed by atoms with E-state index in [-0.39, 0.29) is 12.2 Å². The molecular formula is C16H13NO5. The number of ketones is 1. The van der Waals surface area contributed by atoms with E-state index in [1.54, 1.807) is 0 Å². The fraction of sp³-hybridized carbons (Fsp3) is 0.0625. The number of carboxylic acids is 1. The van der Waals surface area contributed by atoms with Gasteiger partial charge in [0.25, 0.3) is 5.78 Å². The average Bonchev–Trinajstić information content (AvgIpc) is 2.54. The zero-order chi connectivity index (χ0) is 15.9. The SMILES string of the molecule is O=C(Nc1ccc(C(=O)C(=O)O)cc1)OCc1ccccc1. The van der Waals surface area contributed by atoms with Crippen molar-refractivity contribution in [2.75, 3.05) is 5.32 Å². The number of hydrogen-bond donors (Lipinski definition) is 2. The molecule has 0 heterocycles. The third kappa shape index (κ3) is 4.17. The molecule has 0 fully saturated rings. The van der Waals surface area contributed by atoms with Crippen LogP contribution in [0.1, 0.15) is 15.9 Å². The average molecular weight is 299 g/mol. The maximum absolute atomic E-state index is 11.6. The molecule has 0 bridgehead atoms. The minimum atomic E-state index is -1.53. The Hall–Kier alpha value is -3.15. The smallest absolute Gasteiger partial charge is 0.411 e. The molecule has 2 N–H and O–H groups in total. The largest absolute Gasteiger partial charge is 0.475 e. The fourth-order valence-electron chi connectivity index (χ4n) is 1.71. The van der Waals surface area contributed by atoms with Crippen LogP contribution in [0, 0.1) is 0 Å². The number of carbonyl (C=O) groups is 3. The van der Waals surface area contributed by atoms with Crippen LogP contribution in [0.3, 0.4) is 0 Å². The standard InChI is InChI=1S/C16H13NO5/c18-14(15(19)20)12-6-8-13(9-7-12)17-16(21)22-10-11-4-2-1-3-5-11/h1-9H,10H2,(H,17,21)(H,19,20). The summed E-state index contributed by atoms with van der Waals surface area (Å²) in [4.78, 5) is 33.4. The molecule has 6 nitrogen and oxygen atoms in total. The van der Waals surface area contributed by atoms with Crippen molar-refractivity contribution in [1.82, 2.24) is 0 Å². The van der Waals surface area contributed by atoms with Crippen molar-refractivity contribution < 1.29 is 24.2 Å². The Kier molecular flexibility index (Phi) is 4.87. The third-order valence-electron chi connectivity index (χ3n) is 2.80. The number of carbonyl (C=O) groups excluding carboxylic acids is 2. The molecule has 2 aromatic carbocycles. The summed E-state index contributed by atoms with van der Waals surface area (Å²) < 4.78 is 5.04. The summed E-state index contributed by atoms with van der Waals surface area (Å²) in [5.41, 5.74) is 1.30. The predicted molar refractivity (Wildman–Crippen MR) is 78.7 cm³/mol. The number of anilines is 1. The van der Waals surface area contributed by atoms with Gasteiger partial charge in [0, 0.05) is 11.3 Å². The highest BCUT2D eigenvalue weighted by Crippen LogP contribution is 2.11. The molecule has 0 aliphatic rings. The van der Waals surface area contributed by atoms with Gasteiger partial charge >= 0.3 is 12.1 Å². The predicted octanol–water partition coefficient (Wildman–Crippen LogP) is 2.70. The molecule has 0 aliphatic carbocycles. The number of Topliss-reactive ketones (excluding diaryl/α,β-unsaturated/α-hetero) is 1. The van der Waals surface area contributed by atoms with Gasteiger partial charge in [-0.25, -0.2) is 9.59 Å². The van der Waals surface area contributed by atoms with Crippen molar-refractivity contribution >= 4 is 23.5 Å². The molecular weight excluding hydrogens is 286 g/mol. The fourth-order valence-corrected chi connectivity index (χ4v) is 1.71. The Morgan fingerprint density at radius 2 is 1.59 bits per heavy atom. The normalized spacial score (nSPS) is 9.82. The maximum atomic E-state index is 11.6. The number of amides is 1. The van der Waals surface area contributed by atoms with E-state index in [4.69, 9.17) is 9.84 Å². The summed E-state index contributed by atoms with van der Waals surface area (Å²) in [5, 5.41) is 11.1. The lowest BCUT2D eigenvalue weighted by Crippen LogP contribution is -2.14. The van der Waals surface area contributed by atoms with Crippen LogP contribution in [-0.2, 0) is 16.1 Å². The van der Waals surface area contributed by atoms with Crippen LogP contribution < -0.4 is 5.32 Å². The summed E-state index contributed by atoms with van der Waals surface area (Å²) in [6, 6.07) is 14.7. The van der Waals surface area contributed by atoms with Gasteiger partial charge in [0.1, 0.15) is 6.61 Å². The van der Waals surface area contributed by atoms with E-state index < -0.39 is 17.8 Å². The quantitative estimate of drug-likeness (QED) is 0.654. The third-order valence-corrected chi connectivity index (χ3v) is 2.80. The Morgan fingerprint density at radius 3 is 2.18 bits per heavy atom. The van der Waals surface area contributed by atoms with Gasteiger partial charge in [0.15, 0.2) is 0 Å². The van der Waals surface area contributed by atoms with Crippen LogP contribution in [0.15, 0.2) is 54.6 Å². The summed E-state index contributed by atoms with van der Waals surface area (Å²) in [6.07, 6.45) is -0.638. The molecule has 0 saturated carbocycles. The lowest BCUT2D eigenvalue weighted by molar-refractivity contribution is -0.131. The van der Waals surface area contributed by atoms with E-state index >= 15 is 0 Å². The zero-order valence-electron chi connectivity index (χ0n) is 11.5. The lowest BCUT2D eigenvalue weighted by atomic mass is 10.1. The Bertz CT molecular complexity index is 679. The molecule has 0 saturated heterocycles. The van der Waals surface area contributed by atoms with Crippen LogP contribution in [0.25, 0.3) is 0 Å². The second-order valence-corrected chi connectivity index (χ2v) is 4.40. The Labute approximate surface area is 126 Å². The van der Waals surface area contributed by atoms with Crippen LogP contribution in [0.4, 0.5) is 10.5 Å². The van der Waals surface area contributed by atoms with Gasteiger partial charge in [0.05, 0.1) is 0 Å². The van der Waals surface area contributed by atoms with Crippen molar-refractivity contribution in [3.8, 4) is 0 Å². The summed E-state index contributed by atoms with van der Waals surface area (Å²) in [7, 11) is 0. The van der Waals surface area contributed by atoms with E-state index in [9.17, 15) is 14.4 Å². The number of nitrogens with one attached hydrogen (secondary N) is 1. The van der Waals surface area contributed by atoms with Gasteiger partial charge in [-0.05, 0) is 29.8 Å². The number of rotatable bonds is 5. The first kappa shape index (κ1) is 15.2. The molecule has 2 rings (SSSR count). The lowest BCUT2D eigenvalue weighted by Gasteiger charge is -2.07. The molecule has 0 unspecified atom stereocenters. The number of benzene rings is 2. The molecule has 2 aromatic rings. The molecule has 112 valence electrons. The van der Waals surface area contributed by atoms with Crippen molar-refractivity contribution in [2.45, 2.75) is 6.61 Å². The van der Waals surface area contributed by atoms with Crippen LogP contribution in [0.2, 0.25) is 0 Å². The topological polar surface area (TPSA) is 92.7 Å². The molecule has 0 aliphatic heterocycles. The first-order chi connectivity index (χ1) is 10.6. The van der Waals surface area contributed by atoms with E-state index in [0.717, 1.165) is 5.56 Å². The van der Waals surface area contributed by atoms with Gasteiger partial charge in [-0.1, -0.05) is 30.3 Å². The van der Waals surface area contributed by atoms with Gasteiger partial charge in [0.2, 0.25) is 0 Å². The zero-order valence-corrected chi connectivity index (χ0v) is 11.5. The number of hydrogen-bond acceptors (Lipinski definition) is 4. The highest BCUT2D eigenvalue weighted by Gasteiger charge is 2.14. The Balaban J connectivity index is 1.89. The monoisotopic (exact) mass is 299 g/mol. The van der Waals surface area contributed by atoms with Gasteiger partial charge in [-0.3, -0.25) is 10.1 Å². The van der Waals surface area contributed by atoms with Gasteiger partial charge in [-0.15, -0.1) is 0 Å². The minimum Gasteiger partial charge on any atom is -0.475 e. The van der Waals surface area contributed by atoms with E-state index in [0.29, 0.717) is 5.69 Å². The van der Waals surface area contributed by atoms with Crippen molar-refractivity contribution in [2.24, 2.45) is 0 Å². The molecule has 0 spiro atoms. The molecule has 0 atom stereocenters. The van der Waals surface area contributed by atoms with Crippen molar-refractivity contribution in [3.05, 3.63) is 65.7 Å². The minimum absolute atomic E-state index is 0.0377. The summed E-state index contributed by atoms with van der Waals surface area (Å²) >= 11 is 0. The van der Waals surface area contributed by atoms with E-state index in [2.05, 4.69) is 5.32 Å². The number of aliphatic carboxylic acids is 1. The van der Waals surface area contributed by atoms with Gasteiger partial charge < -0.3 is 9.84 Å². The summed E-state index contributed by atoms with van der Waals surface area (Å²) in [5.74, 6) is -2.53. The van der Waals surface area contributed by atoms with Gasteiger partial charge in [-0.2, -0.15) is 0 Å². The Morgan fingerprint density at radius 1 is 0.955 bits per heavy atom. The molecule has 1 amide bonds. The molecule has 0 radical (unpaired) electrons. The van der Waals surface area contributed by atoms with Crippen molar-refractivity contribution in [3.63, 3.8) is 0 Å². The van der Waals surface area contributed by atoms with Crippen LogP contribution in [-0.4, -0.2) is 23.0 Å². The van der Waals surface area contributed by atoms with E-state index in [1.165, 1.54) is 24.3 Å². The first-order valence-corrected chi connectivity index (χ1v) is 6.41. The molecule has 22 heavy (non-hydrogen) atoms. The first-order valence-electron chi connectivity index (χ1n) is 6.41. The maximum Gasteiger partial charge on any atom is 0.411 e. The van der Waals surface area contributed by atoms with Crippen molar-refractivity contribution in [1.29, 1.82) is 0 Å². The number of ether oxygens (including phenoxy) is 1. The van der Waals surface area contributed by atoms with E-state index in [1.807, 2.05) is 30.3 Å². The van der Waals surface area contributed by atoms with Crippen LogP contribution in [0.5, 0.6) is 0 Å². The van der Waals surface area contributed by atoms with Crippen LogP contribution >= 0.6 is 0 Å². The summed E-state index contributed by atoms with van der Waals surface area (Å²) in [6.45, 7) is 0.141. The molecule has 0 aromatic heterocycles. The second-order valence-electron chi connectivity index (χ2n) is 4.40. The highest BCUT2D eigenvalue weighted by molar-refractivity contribution is 6.39. The highest BCUT2D eigenvalue weighted by atomic mass is 16.5.